The lowest BCUT2D eigenvalue weighted by atomic mass is 10.1. The topological polar surface area (TPSA) is 75.7 Å². The molecule has 1 N–H and O–H groups in total. The number of benzene rings is 2. The maximum atomic E-state index is 12.3. The predicted molar refractivity (Wildman–Crippen MR) is 113 cm³/mol. The molecule has 0 aromatic heterocycles. The van der Waals surface area contributed by atoms with Crippen molar-refractivity contribution in [1.29, 1.82) is 0 Å². The van der Waals surface area contributed by atoms with Gasteiger partial charge in [-0.1, -0.05) is 18.2 Å². The zero-order valence-corrected chi connectivity index (χ0v) is 17.5. The highest BCUT2D eigenvalue weighted by atomic mass is 16.5. The highest BCUT2D eigenvalue weighted by Gasteiger charge is 2.16. The molecular formula is C23H28N2O4. The van der Waals surface area contributed by atoms with E-state index in [1.807, 2.05) is 39.0 Å². The van der Waals surface area contributed by atoms with Gasteiger partial charge >= 0.3 is 0 Å². The van der Waals surface area contributed by atoms with E-state index in [2.05, 4.69) is 5.32 Å². The van der Waals surface area contributed by atoms with E-state index in [0.717, 1.165) is 16.8 Å². The van der Waals surface area contributed by atoms with E-state index in [9.17, 15) is 14.4 Å². The fourth-order valence-corrected chi connectivity index (χ4v) is 2.95. The van der Waals surface area contributed by atoms with Gasteiger partial charge in [0.2, 0.25) is 11.8 Å². The number of anilines is 1. The lowest BCUT2D eigenvalue weighted by Gasteiger charge is -2.18. The van der Waals surface area contributed by atoms with E-state index in [0.29, 0.717) is 17.9 Å². The second-order valence-electron chi connectivity index (χ2n) is 6.95. The Balaban J connectivity index is 1.83. The second kappa shape index (κ2) is 10.4. The van der Waals surface area contributed by atoms with Crippen LogP contribution in [0.1, 0.15) is 41.3 Å². The van der Waals surface area contributed by atoms with E-state index in [1.54, 1.807) is 31.3 Å². The minimum atomic E-state index is -0.268. The molecular weight excluding hydrogens is 368 g/mol. The first-order valence-corrected chi connectivity index (χ1v) is 9.68. The molecule has 2 rings (SSSR count). The Labute approximate surface area is 171 Å². The molecule has 6 nitrogen and oxygen atoms in total. The summed E-state index contributed by atoms with van der Waals surface area (Å²) in [6.45, 7) is 6.23. The molecule has 2 aromatic carbocycles. The standard InChI is InChI=1S/C23H28N2O4/c1-5-29-19-11-9-18(10-12-19)20(26)13-14-22(28)25(4)15-21(27)24-23-16(2)7-6-8-17(23)3/h6-12H,5,13-15H2,1-4H3,(H,24,27). The fraction of sp³-hybridized carbons (Fsp3) is 0.348. The molecule has 154 valence electrons. The van der Waals surface area contributed by atoms with Crippen molar-refractivity contribution >= 4 is 23.3 Å². The normalized spacial score (nSPS) is 10.3. The molecule has 0 saturated carbocycles. The van der Waals surface area contributed by atoms with Gasteiger partial charge in [0.15, 0.2) is 5.78 Å². The first-order valence-electron chi connectivity index (χ1n) is 9.68. The monoisotopic (exact) mass is 396 g/mol. The van der Waals surface area contributed by atoms with Gasteiger partial charge in [-0.2, -0.15) is 0 Å². The Bertz CT molecular complexity index is 855. The van der Waals surface area contributed by atoms with Crippen LogP contribution in [-0.4, -0.2) is 42.7 Å². The molecule has 0 radical (unpaired) electrons. The van der Waals surface area contributed by atoms with Gasteiger partial charge < -0.3 is 15.0 Å². The maximum Gasteiger partial charge on any atom is 0.243 e. The minimum Gasteiger partial charge on any atom is -0.494 e. The zero-order valence-electron chi connectivity index (χ0n) is 17.5. The number of amides is 2. The first kappa shape index (κ1) is 22.1. The summed E-state index contributed by atoms with van der Waals surface area (Å²) in [5.74, 6) is 0.0709. The predicted octanol–water partition coefficient (Wildman–Crippen LogP) is 3.76. The summed E-state index contributed by atoms with van der Waals surface area (Å²) in [5, 5.41) is 2.86. The molecule has 0 spiro atoms. The van der Waals surface area contributed by atoms with Crippen LogP contribution in [0.5, 0.6) is 5.75 Å². The van der Waals surface area contributed by atoms with Gasteiger partial charge in [-0.05, 0) is 56.2 Å². The Morgan fingerprint density at radius 3 is 2.17 bits per heavy atom. The largest absolute Gasteiger partial charge is 0.494 e. The molecule has 6 heteroatoms. The summed E-state index contributed by atoms with van der Waals surface area (Å²) < 4.78 is 5.35. The van der Waals surface area contributed by atoms with Crippen molar-refractivity contribution in [2.75, 3.05) is 25.5 Å². The molecule has 2 amide bonds. The molecule has 0 atom stereocenters. The van der Waals surface area contributed by atoms with Gasteiger partial charge in [0.05, 0.1) is 13.2 Å². The number of ether oxygens (including phenoxy) is 1. The Morgan fingerprint density at radius 2 is 1.59 bits per heavy atom. The van der Waals surface area contributed by atoms with Crippen LogP contribution in [-0.2, 0) is 9.59 Å². The van der Waals surface area contributed by atoms with Gasteiger partial charge in [0.25, 0.3) is 0 Å². The Hall–Kier alpha value is -3.15. The zero-order chi connectivity index (χ0) is 21.4. The number of nitrogens with zero attached hydrogens (tertiary/aromatic N) is 1. The summed E-state index contributed by atoms with van der Waals surface area (Å²) in [4.78, 5) is 38.2. The Morgan fingerprint density at radius 1 is 0.966 bits per heavy atom. The number of ketones is 1. The molecule has 0 unspecified atom stereocenters. The summed E-state index contributed by atoms with van der Waals surface area (Å²) in [6.07, 6.45) is 0.148. The van der Waals surface area contributed by atoms with Crippen LogP contribution in [0.4, 0.5) is 5.69 Å². The van der Waals surface area contributed by atoms with Crippen LogP contribution in [0.25, 0.3) is 0 Å². The quantitative estimate of drug-likeness (QED) is 0.655. The van der Waals surface area contributed by atoms with Crippen molar-refractivity contribution in [3.8, 4) is 5.75 Å². The number of rotatable bonds is 9. The maximum absolute atomic E-state index is 12.3. The molecule has 0 fully saturated rings. The number of aryl methyl sites for hydroxylation is 2. The summed E-state index contributed by atoms with van der Waals surface area (Å²) in [5.41, 5.74) is 3.24. The van der Waals surface area contributed by atoms with Crippen molar-refractivity contribution < 1.29 is 19.1 Å². The van der Waals surface area contributed by atoms with Crippen LogP contribution < -0.4 is 10.1 Å². The number of para-hydroxylation sites is 1. The summed E-state index contributed by atoms with van der Waals surface area (Å²) in [6, 6.07) is 12.6. The van der Waals surface area contributed by atoms with Crippen LogP contribution in [0.2, 0.25) is 0 Å². The highest BCUT2D eigenvalue weighted by molar-refractivity contribution is 5.99. The third-order valence-corrected chi connectivity index (χ3v) is 4.61. The third-order valence-electron chi connectivity index (χ3n) is 4.61. The molecule has 0 aliphatic carbocycles. The highest BCUT2D eigenvalue weighted by Crippen LogP contribution is 2.19. The van der Waals surface area contributed by atoms with Crippen LogP contribution in [0.3, 0.4) is 0 Å². The molecule has 0 heterocycles. The van der Waals surface area contributed by atoms with Gasteiger partial charge in [0, 0.05) is 31.1 Å². The van der Waals surface area contributed by atoms with Crippen molar-refractivity contribution in [1.82, 2.24) is 4.90 Å². The fourth-order valence-electron chi connectivity index (χ4n) is 2.95. The van der Waals surface area contributed by atoms with Crippen molar-refractivity contribution in [3.05, 3.63) is 59.2 Å². The molecule has 2 aromatic rings. The number of Topliss-reactive ketones (excluding diaryl/α,β-unsaturated/α-hetero) is 1. The number of carbonyl (C=O) groups excluding carboxylic acids is 3. The van der Waals surface area contributed by atoms with Gasteiger partial charge in [-0.3, -0.25) is 14.4 Å². The molecule has 0 saturated heterocycles. The van der Waals surface area contributed by atoms with Crippen LogP contribution in [0, 0.1) is 13.8 Å². The van der Waals surface area contributed by atoms with Gasteiger partial charge in [0.1, 0.15) is 5.75 Å². The molecule has 0 aliphatic rings. The second-order valence-corrected chi connectivity index (χ2v) is 6.95. The van der Waals surface area contributed by atoms with E-state index < -0.39 is 0 Å². The van der Waals surface area contributed by atoms with E-state index in [4.69, 9.17) is 4.74 Å². The third kappa shape index (κ3) is 6.45. The number of hydrogen-bond donors (Lipinski definition) is 1. The van der Waals surface area contributed by atoms with Crippen molar-refractivity contribution in [2.24, 2.45) is 0 Å². The van der Waals surface area contributed by atoms with E-state index in [-0.39, 0.29) is 37.0 Å². The van der Waals surface area contributed by atoms with Crippen LogP contribution in [0.15, 0.2) is 42.5 Å². The molecule has 0 bridgehead atoms. The number of carbonyl (C=O) groups is 3. The Kier molecular flexibility index (Phi) is 7.95. The lowest BCUT2D eigenvalue weighted by molar-refractivity contribution is -0.133. The summed E-state index contributed by atoms with van der Waals surface area (Å²) in [7, 11) is 1.56. The molecule has 29 heavy (non-hydrogen) atoms. The van der Waals surface area contributed by atoms with E-state index in [1.165, 1.54) is 4.90 Å². The average molecular weight is 396 g/mol. The first-order chi connectivity index (χ1) is 13.8. The minimum absolute atomic E-state index is 0.0548. The van der Waals surface area contributed by atoms with Crippen molar-refractivity contribution in [2.45, 2.75) is 33.6 Å². The SMILES string of the molecule is CCOc1ccc(C(=O)CCC(=O)N(C)CC(=O)Nc2c(C)cccc2C)cc1. The van der Waals surface area contributed by atoms with Gasteiger partial charge in [-0.25, -0.2) is 0 Å². The summed E-state index contributed by atoms with van der Waals surface area (Å²) >= 11 is 0. The van der Waals surface area contributed by atoms with Crippen LogP contribution >= 0.6 is 0 Å². The number of hydrogen-bond acceptors (Lipinski definition) is 4. The average Bonchev–Trinajstić information content (AvgIpc) is 2.69. The number of likely N-dealkylation sites (N-methyl/N-ethyl adjacent to an activating group) is 1. The van der Waals surface area contributed by atoms with Crippen molar-refractivity contribution in [3.63, 3.8) is 0 Å². The smallest absolute Gasteiger partial charge is 0.243 e. The van der Waals surface area contributed by atoms with E-state index >= 15 is 0 Å². The lowest BCUT2D eigenvalue weighted by Crippen LogP contribution is -2.35. The number of nitrogens with one attached hydrogen (secondary N) is 1. The van der Waals surface area contributed by atoms with Gasteiger partial charge in [-0.15, -0.1) is 0 Å². The molecule has 0 aliphatic heterocycles.